The van der Waals surface area contributed by atoms with Gasteiger partial charge in [0.05, 0.1) is 25.9 Å². The number of esters is 1. The molecule has 0 bridgehead atoms. The van der Waals surface area contributed by atoms with Crippen molar-refractivity contribution in [3.63, 3.8) is 0 Å². The first-order chi connectivity index (χ1) is 14.6. The average molecular weight is 491 g/mol. The molecule has 11 heteroatoms. The summed E-state index contributed by atoms with van der Waals surface area (Å²) in [5.74, 6) is -15.3. The molecule has 178 valence electrons. The first-order valence-corrected chi connectivity index (χ1v) is 9.78. The summed E-state index contributed by atoms with van der Waals surface area (Å²) in [6, 6.07) is 12.6. The molecule has 0 N–H and O–H groups in total. The van der Waals surface area contributed by atoms with Gasteiger partial charge in [0.25, 0.3) is 17.8 Å². The average Bonchev–Trinajstić information content (AvgIpc) is 2.57. The smallest absolute Gasteiger partial charge is 0.327 e. The van der Waals surface area contributed by atoms with Crippen LogP contribution in [-0.2, 0) is 16.0 Å². The minimum absolute atomic E-state index is 0.174. The number of alkyl halides is 9. The van der Waals surface area contributed by atoms with Gasteiger partial charge in [-0.15, -0.1) is 0 Å². The third kappa shape index (κ3) is 8.80. The Bertz CT molecular complexity index is 922. The molecule has 0 atom stereocenters. The minimum Gasteiger partial charge on any atom is -0.465 e. The van der Waals surface area contributed by atoms with Crippen molar-refractivity contribution in [3.05, 3.63) is 48.0 Å². The second kappa shape index (κ2) is 9.80. The molecule has 0 aliphatic heterocycles. The zero-order chi connectivity index (χ0) is 24.2. The normalized spacial score (nSPS) is 13.4. The maximum Gasteiger partial charge on any atom is 0.327 e. The summed E-state index contributed by atoms with van der Waals surface area (Å²) in [4.78, 5) is 11.7. The van der Waals surface area contributed by atoms with E-state index in [0.717, 1.165) is 16.3 Å². The third-order valence-electron chi connectivity index (χ3n) is 4.41. The van der Waals surface area contributed by atoms with Crippen molar-refractivity contribution in [1.82, 2.24) is 0 Å². The van der Waals surface area contributed by atoms with Gasteiger partial charge < -0.3 is 4.74 Å². The first kappa shape index (κ1) is 26.2. The summed E-state index contributed by atoms with van der Waals surface area (Å²) in [6.45, 7) is -0.303. The monoisotopic (exact) mass is 490 g/mol. The third-order valence-corrected chi connectivity index (χ3v) is 4.54. The Morgan fingerprint density at radius 2 is 1.34 bits per heavy atom. The van der Waals surface area contributed by atoms with Crippen LogP contribution < -0.4 is 0 Å². The van der Waals surface area contributed by atoms with Crippen molar-refractivity contribution in [2.24, 2.45) is 0 Å². The lowest BCUT2D eigenvalue weighted by molar-refractivity contribution is -0.177. The maximum absolute atomic E-state index is 13.8. The number of ether oxygens (including phenoxy) is 1. The van der Waals surface area contributed by atoms with Gasteiger partial charge in [0.1, 0.15) is 6.42 Å². The molecule has 0 unspecified atom stereocenters. The van der Waals surface area contributed by atoms with Crippen molar-refractivity contribution in [2.75, 3.05) is 6.61 Å². The molecule has 0 heterocycles. The van der Waals surface area contributed by atoms with Crippen LogP contribution in [0.2, 0.25) is 0 Å². The number of benzene rings is 2. The maximum atomic E-state index is 13.8. The number of fused-ring (bicyclic) bond motifs is 1. The first-order valence-electron chi connectivity index (χ1n) is 9.40. The van der Waals surface area contributed by atoms with Crippen LogP contribution in [0.3, 0.4) is 0 Å². The number of carbonyl (C=O) groups is 1. The van der Waals surface area contributed by atoms with Crippen molar-refractivity contribution < 1.29 is 44.7 Å². The second-order valence-corrected chi connectivity index (χ2v) is 8.05. The number of hydrogen-bond donors (Lipinski definition) is 0. The fourth-order valence-electron chi connectivity index (χ4n) is 3.29. The molecule has 32 heavy (non-hydrogen) atoms. The number of rotatable bonds is 11. The van der Waals surface area contributed by atoms with Crippen LogP contribution >= 0.6 is 11.6 Å². The lowest BCUT2D eigenvalue weighted by Gasteiger charge is -2.27. The van der Waals surface area contributed by atoms with Gasteiger partial charge in [0.2, 0.25) is 0 Å². The molecule has 2 aromatic rings. The molecule has 0 aliphatic carbocycles. The molecule has 2 nitrogen and oxygen atoms in total. The molecule has 0 saturated carbocycles. The van der Waals surface area contributed by atoms with E-state index in [1.165, 1.54) is 0 Å². The molecular weight excluding hydrogens is 472 g/mol. The van der Waals surface area contributed by atoms with Crippen LogP contribution in [0.5, 0.6) is 0 Å². The van der Waals surface area contributed by atoms with E-state index < -0.39 is 54.8 Å². The van der Waals surface area contributed by atoms with Gasteiger partial charge in [-0.25, -0.2) is 26.3 Å². The fourth-order valence-corrected chi connectivity index (χ4v) is 3.48. The number of carbonyl (C=O) groups excluding carboxylic acids is 1. The lowest BCUT2D eigenvalue weighted by atomic mass is 9.99. The Morgan fingerprint density at radius 3 is 2.00 bits per heavy atom. The van der Waals surface area contributed by atoms with Gasteiger partial charge in [0, 0.05) is 6.42 Å². The summed E-state index contributed by atoms with van der Waals surface area (Å²) >= 11 is 4.31. The molecule has 0 saturated heterocycles. The van der Waals surface area contributed by atoms with Crippen molar-refractivity contribution in [2.45, 2.75) is 55.3 Å². The highest BCUT2D eigenvalue weighted by Gasteiger charge is 2.53. The summed E-state index contributed by atoms with van der Waals surface area (Å²) < 4.78 is 111. The topological polar surface area (TPSA) is 26.3 Å². The Hall–Kier alpha value is -2.10. The second-order valence-electron chi connectivity index (χ2n) is 7.50. The number of hydrogen-bond acceptors (Lipinski definition) is 2. The Labute approximate surface area is 183 Å². The Kier molecular flexibility index (Phi) is 8.01. The van der Waals surface area contributed by atoms with Crippen LogP contribution in [-0.4, -0.2) is 35.7 Å². The van der Waals surface area contributed by atoms with Crippen LogP contribution in [0.25, 0.3) is 10.8 Å². The summed E-state index contributed by atoms with van der Waals surface area (Å²) in [5, 5.41) is -2.70. The van der Waals surface area contributed by atoms with E-state index in [1.807, 2.05) is 24.3 Å². The largest absolute Gasteiger partial charge is 0.465 e. The van der Waals surface area contributed by atoms with Crippen molar-refractivity contribution in [1.29, 1.82) is 0 Å². The lowest BCUT2D eigenvalue weighted by Crippen LogP contribution is -2.38. The predicted octanol–water partition coefficient (Wildman–Crippen LogP) is 7.22. The van der Waals surface area contributed by atoms with E-state index in [-0.39, 0.29) is 13.0 Å². The molecule has 0 radical (unpaired) electrons. The molecule has 2 rings (SSSR count). The highest BCUT2D eigenvalue weighted by Crippen LogP contribution is 2.44. The van der Waals surface area contributed by atoms with E-state index in [9.17, 15) is 39.9 Å². The molecule has 0 spiro atoms. The van der Waals surface area contributed by atoms with E-state index in [4.69, 9.17) is 0 Å². The molecule has 0 aliphatic rings. The molecule has 2 aromatic carbocycles. The molecule has 0 aromatic heterocycles. The summed E-state index contributed by atoms with van der Waals surface area (Å²) in [5.41, 5.74) is 0.771. The van der Waals surface area contributed by atoms with Gasteiger partial charge in [-0.05, 0) is 27.9 Å². The quantitative estimate of drug-likeness (QED) is 0.189. The minimum atomic E-state index is -4.72. The fraction of sp³-hybridized carbons (Fsp3) is 0.476. The van der Waals surface area contributed by atoms with E-state index >= 15 is 0 Å². The van der Waals surface area contributed by atoms with Crippen LogP contribution in [0.1, 0.15) is 31.2 Å². The van der Waals surface area contributed by atoms with Gasteiger partial charge in [-0.2, -0.15) is 8.78 Å². The van der Waals surface area contributed by atoms with Crippen LogP contribution in [0.4, 0.5) is 35.1 Å². The summed E-state index contributed by atoms with van der Waals surface area (Å²) in [7, 11) is 0. The number of halogens is 9. The Morgan fingerprint density at radius 1 is 0.781 bits per heavy atom. The van der Waals surface area contributed by atoms with Crippen LogP contribution in [0.15, 0.2) is 42.5 Å². The van der Waals surface area contributed by atoms with E-state index in [1.54, 1.807) is 18.2 Å². The van der Waals surface area contributed by atoms with Gasteiger partial charge in [-0.1, -0.05) is 42.5 Å². The molecule has 0 fully saturated rings. The van der Waals surface area contributed by atoms with Gasteiger partial charge in [0.15, 0.2) is 0 Å². The van der Waals surface area contributed by atoms with E-state index in [0.29, 0.717) is 0 Å². The van der Waals surface area contributed by atoms with Crippen molar-refractivity contribution in [3.8, 4) is 0 Å². The predicted molar refractivity (Wildman–Crippen MR) is 103 cm³/mol. The standard InChI is InChI=1S/C21H19ClF8O2/c22-21(29,30)13-20(27,28)12-19(25,26)11-18(23,24)10-17(31)32-9-8-15-6-3-5-14-4-1-2-7-16(14)15/h1-7H,8-13H2. The zero-order valence-electron chi connectivity index (χ0n) is 16.5. The van der Waals surface area contributed by atoms with Crippen LogP contribution in [0, 0.1) is 0 Å². The SMILES string of the molecule is O=C(CC(F)(F)CC(F)(F)CC(F)(F)CC(F)(F)Cl)OCCc1cccc2ccccc12. The summed E-state index contributed by atoms with van der Waals surface area (Å²) in [6.07, 6.45) is -9.02. The van der Waals surface area contributed by atoms with Gasteiger partial charge >= 0.3 is 11.4 Å². The zero-order valence-corrected chi connectivity index (χ0v) is 17.3. The van der Waals surface area contributed by atoms with Crippen molar-refractivity contribution >= 4 is 28.3 Å². The van der Waals surface area contributed by atoms with Gasteiger partial charge in [-0.3, -0.25) is 4.79 Å². The Balaban J connectivity index is 1.88. The molecule has 0 amide bonds. The highest BCUT2D eigenvalue weighted by atomic mass is 35.5. The van der Waals surface area contributed by atoms with E-state index in [2.05, 4.69) is 16.3 Å². The molecular formula is C21H19ClF8O2. The highest BCUT2D eigenvalue weighted by molar-refractivity contribution is 6.21.